The number of halogens is 1. The van der Waals surface area contributed by atoms with Crippen LogP contribution in [0.5, 0.6) is 0 Å². The minimum Gasteiger partial charge on any atom is -0.375 e. The van der Waals surface area contributed by atoms with Gasteiger partial charge < -0.3 is 4.74 Å². The van der Waals surface area contributed by atoms with Crippen LogP contribution in [0.3, 0.4) is 0 Å². The fourth-order valence-corrected chi connectivity index (χ4v) is 3.50. The highest BCUT2D eigenvalue weighted by atomic mass is 19.1. The normalized spacial score (nSPS) is 25.6. The summed E-state index contributed by atoms with van der Waals surface area (Å²) in [4.78, 5) is 12.5. The van der Waals surface area contributed by atoms with Crippen molar-refractivity contribution in [1.29, 1.82) is 0 Å². The number of hydrogen-bond donors (Lipinski definition) is 0. The van der Waals surface area contributed by atoms with E-state index in [2.05, 4.69) is 0 Å². The molecule has 1 atom stereocenters. The van der Waals surface area contributed by atoms with Gasteiger partial charge in [-0.25, -0.2) is 4.39 Å². The molecule has 102 valence electrons. The van der Waals surface area contributed by atoms with E-state index in [0.29, 0.717) is 6.61 Å². The first-order valence-electron chi connectivity index (χ1n) is 7.13. The number of rotatable bonds is 2. The average Bonchev–Trinajstić information content (AvgIpc) is 2.86. The second-order valence-corrected chi connectivity index (χ2v) is 5.77. The monoisotopic (exact) mass is 262 g/mol. The molecule has 0 amide bonds. The molecule has 1 saturated heterocycles. The number of carbonyl (C=O) groups excluding carboxylic acids is 1. The molecule has 1 aliphatic heterocycles. The lowest BCUT2D eigenvalue weighted by Crippen LogP contribution is -2.39. The first kappa shape index (κ1) is 12.8. The van der Waals surface area contributed by atoms with Gasteiger partial charge in [-0.15, -0.1) is 0 Å². The first-order chi connectivity index (χ1) is 9.20. The zero-order valence-corrected chi connectivity index (χ0v) is 11.0. The molecule has 3 heteroatoms. The highest BCUT2D eigenvalue weighted by Gasteiger charge is 2.42. The number of ether oxygens (including phenoxy) is 1. The van der Waals surface area contributed by atoms with E-state index < -0.39 is 5.82 Å². The number of hydrogen-bond acceptors (Lipinski definition) is 2. The molecule has 0 aromatic heterocycles. The van der Waals surface area contributed by atoms with Crippen LogP contribution in [-0.4, -0.2) is 18.0 Å². The molecule has 0 bridgehead atoms. The molecule has 1 saturated carbocycles. The van der Waals surface area contributed by atoms with Crippen LogP contribution in [0.15, 0.2) is 24.3 Å². The predicted octanol–water partition coefficient (Wildman–Crippen LogP) is 3.75. The summed E-state index contributed by atoms with van der Waals surface area (Å²) in [5, 5.41) is 0. The average molecular weight is 262 g/mol. The lowest BCUT2D eigenvalue weighted by Gasteiger charge is -2.37. The predicted molar refractivity (Wildman–Crippen MR) is 70.6 cm³/mol. The first-order valence-corrected chi connectivity index (χ1v) is 7.13. The summed E-state index contributed by atoms with van der Waals surface area (Å²) in [5.74, 6) is -0.532. The highest BCUT2D eigenvalue weighted by molar-refractivity contribution is 5.98. The van der Waals surface area contributed by atoms with E-state index in [1.54, 1.807) is 18.2 Å². The summed E-state index contributed by atoms with van der Waals surface area (Å²) >= 11 is 0. The van der Waals surface area contributed by atoms with E-state index >= 15 is 0 Å². The van der Waals surface area contributed by atoms with Gasteiger partial charge in [0.15, 0.2) is 5.78 Å². The van der Waals surface area contributed by atoms with E-state index in [1.807, 2.05) is 0 Å². The van der Waals surface area contributed by atoms with Crippen molar-refractivity contribution in [3.8, 4) is 0 Å². The van der Waals surface area contributed by atoms with Crippen LogP contribution in [0, 0.1) is 11.7 Å². The Balaban J connectivity index is 1.78. The van der Waals surface area contributed by atoms with Gasteiger partial charge in [-0.05, 0) is 37.8 Å². The van der Waals surface area contributed by atoms with Crippen LogP contribution < -0.4 is 0 Å². The largest absolute Gasteiger partial charge is 0.375 e. The number of benzene rings is 1. The highest BCUT2D eigenvalue weighted by Crippen LogP contribution is 2.42. The minimum atomic E-state index is -0.403. The standard InChI is InChI=1S/C16H19FO2/c17-14-6-2-1-5-13(14)15(18)12-7-10-19-16(11-12)8-3-4-9-16/h1-2,5-6,12H,3-4,7-11H2. The molecule has 1 aliphatic carbocycles. The number of carbonyl (C=O) groups is 1. The van der Waals surface area contributed by atoms with Gasteiger partial charge in [-0.1, -0.05) is 25.0 Å². The third-order valence-corrected chi connectivity index (χ3v) is 4.52. The molecule has 2 aliphatic rings. The van der Waals surface area contributed by atoms with Crippen molar-refractivity contribution in [3.05, 3.63) is 35.6 Å². The van der Waals surface area contributed by atoms with E-state index in [9.17, 15) is 9.18 Å². The summed E-state index contributed by atoms with van der Waals surface area (Å²) < 4.78 is 19.6. The summed E-state index contributed by atoms with van der Waals surface area (Å²) in [7, 11) is 0. The third-order valence-electron chi connectivity index (χ3n) is 4.52. The maximum atomic E-state index is 13.7. The van der Waals surface area contributed by atoms with Crippen molar-refractivity contribution in [2.24, 2.45) is 5.92 Å². The van der Waals surface area contributed by atoms with Gasteiger partial charge in [0.2, 0.25) is 0 Å². The van der Waals surface area contributed by atoms with Crippen LogP contribution in [0.25, 0.3) is 0 Å². The molecule has 1 aromatic rings. The Bertz CT molecular complexity index is 477. The van der Waals surface area contributed by atoms with Gasteiger partial charge in [-0.2, -0.15) is 0 Å². The molecule has 1 unspecified atom stereocenters. The molecule has 1 aromatic carbocycles. The Morgan fingerprint density at radius 1 is 1.26 bits per heavy atom. The lowest BCUT2D eigenvalue weighted by atomic mass is 9.80. The Morgan fingerprint density at radius 2 is 2.00 bits per heavy atom. The molecule has 0 radical (unpaired) electrons. The van der Waals surface area contributed by atoms with Crippen molar-refractivity contribution in [2.75, 3.05) is 6.61 Å². The lowest BCUT2D eigenvalue weighted by molar-refractivity contribution is -0.0866. The number of ketones is 1. The van der Waals surface area contributed by atoms with Gasteiger partial charge in [0.1, 0.15) is 5.82 Å². The smallest absolute Gasteiger partial charge is 0.169 e. The van der Waals surface area contributed by atoms with Crippen molar-refractivity contribution in [2.45, 2.75) is 44.1 Å². The Hall–Kier alpha value is -1.22. The van der Waals surface area contributed by atoms with Crippen LogP contribution in [-0.2, 0) is 4.74 Å². The fourth-order valence-electron chi connectivity index (χ4n) is 3.50. The Kier molecular flexibility index (Phi) is 3.40. The fraction of sp³-hybridized carbons (Fsp3) is 0.562. The molecule has 1 spiro atoms. The van der Waals surface area contributed by atoms with Crippen LogP contribution >= 0.6 is 0 Å². The maximum absolute atomic E-state index is 13.7. The van der Waals surface area contributed by atoms with Crippen molar-refractivity contribution < 1.29 is 13.9 Å². The Labute approximate surface area is 113 Å². The van der Waals surface area contributed by atoms with Gasteiger partial charge in [0.05, 0.1) is 11.2 Å². The molecule has 2 fully saturated rings. The molecule has 2 nitrogen and oxygen atoms in total. The third kappa shape index (κ3) is 2.44. The molecule has 0 N–H and O–H groups in total. The molecular formula is C16H19FO2. The molecule has 3 rings (SSSR count). The summed E-state index contributed by atoms with van der Waals surface area (Å²) in [6.07, 6.45) is 5.94. The van der Waals surface area contributed by atoms with Gasteiger partial charge in [0.25, 0.3) is 0 Å². The topological polar surface area (TPSA) is 26.3 Å². The van der Waals surface area contributed by atoms with Gasteiger partial charge in [-0.3, -0.25) is 4.79 Å². The second kappa shape index (κ2) is 5.04. The number of Topliss-reactive ketones (excluding diaryl/α,β-unsaturated/α-hetero) is 1. The van der Waals surface area contributed by atoms with Crippen molar-refractivity contribution in [1.82, 2.24) is 0 Å². The second-order valence-electron chi connectivity index (χ2n) is 5.77. The van der Waals surface area contributed by atoms with Crippen LogP contribution in [0.4, 0.5) is 4.39 Å². The van der Waals surface area contributed by atoms with E-state index in [-0.39, 0.29) is 22.9 Å². The maximum Gasteiger partial charge on any atom is 0.169 e. The quantitative estimate of drug-likeness (QED) is 0.759. The van der Waals surface area contributed by atoms with E-state index in [4.69, 9.17) is 4.74 Å². The summed E-state index contributed by atoms with van der Waals surface area (Å²) in [6.45, 7) is 0.630. The molecule has 1 heterocycles. The zero-order valence-electron chi connectivity index (χ0n) is 11.0. The van der Waals surface area contributed by atoms with Gasteiger partial charge in [0, 0.05) is 12.5 Å². The zero-order chi connectivity index (χ0) is 13.3. The molecular weight excluding hydrogens is 243 g/mol. The van der Waals surface area contributed by atoms with E-state index in [0.717, 1.165) is 25.7 Å². The minimum absolute atomic E-state index is 0.0484. The molecule has 19 heavy (non-hydrogen) atoms. The summed E-state index contributed by atoms with van der Waals surface area (Å²) in [6, 6.07) is 6.29. The van der Waals surface area contributed by atoms with Crippen LogP contribution in [0.1, 0.15) is 48.9 Å². The van der Waals surface area contributed by atoms with Crippen LogP contribution in [0.2, 0.25) is 0 Å². The Morgan fingerprint density at radius 3 is 2.74 bits per heavy atom. The van der Waals surface area contributed by atoms with Gasteiger partial charge >= 0.3 is 0 Å². The van der Waals surface area contributed by atoms with E-state index in [1.165, 1.54) is 18.9 Å². The summed E-state index contributed by atoms with van der Waals surface area (Å²) in [5.41, 5.74) is 0.145. The SMILES string of the molecule is O=C(c1ccccc1F)C1CCOC2(CCCC2)C1. The van der Waals surface area contributed by atoms with Crippen molar-refractivity contribution in [3.63, 3.8) is 0 Å². The van der Waals surface area contributed by atoms with Crippen molar-refractivity contribution >= 4 is 5.78 Å².